The number of hydrogen-bond acceptors (Lipinski definition) is 4. The second-order valence-corrected chi connectivity index (χ2v) is 8.71. The van der Waals surface area contributed by atoms with Crippen LogP contribution in [-0.4, -0.2) is 51.4 Å². The Labute approximate surface area is 150 Å². The molecule has 2 fully saturated rings. The van der Waals surface area contributed by atoms with E-state index >= 15 is 0 Å². The number of carbonyl (C=O) groups excluding carboxylic acids is 1. The van der Waals surface area contributed by atoms with Crippen LogP contribution in [0.4, 0.5) is 5.69 Å². The third kappa shape index (κ3) is 4.40. The number of nitrogens with zero attached hydrogens (tertiary/aromatic N) is 2. The van der Waals surface area contributed by atoms with Gasteiger partial charge in [0, 0.05) is 31.2 Å². The molecule has 0 saturated carbocycles. The van der Waals surface area contributed by atoms with Crippen LogP contribution < -0.4 is 9.62 Å². The monoisotopic (exact) mass is 365 g/mol. The van der Waals surface area contributed by atoms with E-state index in [2.05, 4.69) is 16.5 Å². The van der Waals surface area contributed by atoms with Gasteiger partial charge in [-0.2, -0.15) is 0 Å². The molecule has 0 aliphatic carbocycles. The summed E-state index contributed by atoms with van der Waals surface area (Å²) in [5.74, 6) is 0.101. The van der Waals surface area contributed by atoms with Crippen LogP contribution in [0, 0.1) is 0 Å². The van der Waals surface area contributed by atoms with E-state index in [0.717, 1.165) is 25.2 Å². The lowest BCUT2D eigenvalue weighted by Gasteiger charge is -2.32. The van der Waals surface area contributed by atoms with Gasteiger partial charge in [0.15, 0.2) is 0 Å². The van der Waals surface area contributed by atoms with Crippen molar-refractivity contribution in [2.45, 2.75) is 50.0 Å². The number of carbonyl (C=O) groups is 1. The van der Waals surface area contributed by atoms with Gasteiger partial charge in [-0.3, -0.25) is 9.69 Å². The summed E-state index contributed by atoms with van der Waals surface area (Å²) in [5, 5.41) is 0. The van der Waals surface area contributed by atoms with E-state index in [4.69, 9.17) is 0 Å². The first-order valence-corrected chi connectivity index (χ1v) is 10.6. The fraction of sp³-hybridized carbons (Fsp3) is 0.611. The summed E-state index contributed by atoms with van der Waals surface area (Å²) in [7, 11) is -3.53. The summed E-state index contributed by atoms with van der Waals surface area (Å²) in [5.41, 5.74) is 0.767. The minimum atomic E-state index is -3.53. The summed E-state index contributed by atoms with van der Waals surface area (Å²) in [6.45, 7) is 5.27. The zero-order chi connectivity index (χ0) is 17.9. The molecule has 2 saturated heterocycles. The lowest BCUT2D eigenvalue weighted by Crippen LogP contribution is -2.44. The largest absolute Gasteiger partial charge is 0.312 e. The Balaban J connectivity index is 1.60. The van der Waals surface area contributed by atoms with E-state index in [0.29, 0.717) is 19.5 Å². The lowest BCUT2D eigenvalue weighted by molar-refractivity contribution is -0.117. The SMILES string of the molecule is CC(CNS(=O)(=O)c1ccc(N2CCCC2=O)cc1)N1CCCCC1. The molecule has 2 aliphatic rings. The van der Waals surface area contributed by atoms with Gasteiger partial charge < -0.3 is 4.90 Å². The second kappa shape index (κ2) is 7.85. The molecule has 1 atom stereocenters. The van der Waals surface area contributed by atoms with Crippen LogP contribution in [-0.2, 0) is 14.8 Å². The third-order valence-corrected chi connectivity index (χ3v) is 6.55. The Morgan fingerprint density at radius 1 is 1.04 bits per heavy atom. The molecule has 6 nitrogen and oxygen atoms in total. The topological polar surface area (TPSA) is 69.7 Å². The first-order chi connectivity index (χ1) is 12.0. The molecule has 2 aliphatic heterocycles. The molecule has 3 rings (SSSR count). The average molecular weight is 365 g/mol. The fourth-order valence-corrected chi connectivity index (χ4v) is 4.65. The number of hydrogen-bond donors (Lipinski definition) is 1. The van der Waals surface area contributed by atoms with Gasteiger partial charge >= 0.3 is 0 Å². The van der Waals surface area contributed by atoms with Gasteiger partial charge in [0.25, 0.3) is 0 Å². The smallest absolute Gasteiger partial charge is 0.240 e. The van der Waals surface area contributed by atoms with Crippen LogP contribution in [0.25, 0.3) is 0 Å². The molecule has 138 valence electrons. The minimum absolute atomic E-state index is 0.101. The van der Waals surface area contributed by atoms with Crippen molar-refractivity contribution < 1.29 is 13.2 Å². The third-order valence-electron chi connectivity index (χ3n) is 5.11. The Bertz CT molecular complexity index is 697. The molecule has 1 amide bonds. The molecule has 0 spiro atoms. The molecule has 1 unspecified atom stereocenters. The quantitative estimate of drug-likeness (QED) is 0.837. The van der Waals surface area contributed by atoms with Crippen molar-refractivity contribution in [2.24, 2.45) is 0 Å². The number of piperidine rings is 1. The van der Waals surface area contributed by atoms with Gasteiger partial charge in [0.1, 0.15) is 0 Å². The average Bonchev–Trinajstić information content (AvgIpc) is 3.06. The number of likely N-dealkylation sites (tertiary alicyclic amines) is 1. The summed E-state index contributed by atoms with van der Waals surface area (Å²) < 4.78 is 27.7. The van der Waals surface area contributed by atoms with Crippen LogP contribution in [0.3, 0.4) is 0 Å². The minimum Gasteiger partial charge on any atom is -0.312 e. The first-order valence-electron chi connectivity index (χ1n) is 9.11. The summed E-state index contributed by atoms with van der Waals surface area (Å²) >= 11 is 0. The van der Waals surface area contributed by atoms with E-state index in [1.54, 1.807) is 29.2 Å². The van der Waals surface area contributed by atoms with Gasteiger partial charge in [-0.05, 0) is 63.5 Å². The number of benzene rings is 1. The van der Waals surface area contributed by atoms with Crippen molar-refractivity contribution in [3.63, 3.8) is 0 Å². The van der Waals surface area contributed by atoms with E-state index in [9.17, 15) is 13.2 Å². The van der Waals surface area contributed by atoms with Crippen molar-refractivity contribution in [3.05, 3.63) is 24.3 Å². The number of nitrogens with one attached hydrogen (secondary N) is 1. The molecule has 1 aromatic carbocycles. The highest BCUT2D eigenvalue weighted by molar-refractivity contribution is 7.89. The Kier molecular flexibility index (Phi) is 5.76. The summed E-state index contributed by atoms with van der Waals surface area (Å²) in [4.78, 5) is 16.1. The zero-order valence-electron chi connectivity index (χ0n) is 14.8. The van der Waals surface area contributed by atoms with Crippen molar-refractivity contribution in [3.8, 4) is 0 Å². The predicted octanol–water partition coefficient (Wildman–Crippen LogP) is 1.97. The molecule has 7 heteroatoms. The summed E-state index contributed by atoms with van der Waals surface area (Å²) in [6.07, 6.45) is 5.06. The van der Waals surface area contributed by atoms with Gasteiger partial charge in [-0.15, -0.1) is 0 Å². The molecular formula is C18H27N3O3S. The molecule has 0 aromatic heterocycles. The van der Waals surface area contributed by atoms with E-state index in [1.165, 1.54) is 19.3 Å². The molecule has 2 heterocycles. The van der Waals surface area contributed by atoms with Gasteiger partial charge in [-0.1, -0.05) is 6.42 Å². The fourth-order valence-electron chi connectivity index (χ4n) is 3.53. The highest BCUT2D eigenvalue weighted by Gasteiger charge is 2.23. The Hall–Kier alpha value is -1.44. The molecule has 25 heavy (non-hydrogen) atoms. The molecule has 1 N–H and O–H groups in total. The summed E-state index contributed by atoms with van der Waals surface area (Å²) in [6, 6.07) is 6.78. The van der Waals surface area contributed by atoms with Crippen LogP contribution in [0.2, 0.25) is 0 Å². The number of rotatable bonds is 6. The Morgan fingerprint density at radius 3 is 2.32 bits per heavy atom. The van der Waals surface area contributed by atoms with Crippen molar-refractivity contribution in [1.82, 2.24) is 9.62 Å². The van der Waals surface area contributed by atoms with Gasteiger partial charge in [-0.25, -0.2) is 13.1 Å². The first kappa shape index (κ1) is 18.4. The maximum Gasteiger partial charge on any atom is 0.240 e. The predicted molar refractivity (Wildman–Crippen MR) is 98.1 cm³/mol. The van der Waals surface area contributed by atoms with E-state index < -0.39 is 10.0 Å². The van der Waals surface area contributed by atoms with Crippen LogP contribution in [0.15, 0.2) is 29.2 Å². The van der Waals surface area contributed by atoms with Crippen molar-refractivity contribution >= 4 is 21.6 Å². The molecular weight excluding hydrogens is 338 g/mol. The van der Waals surface area contributed by atoms with Crippen LogP contribution >= 0.6 is 0 Å². The molecule has 1 aromatic rings. The second-order valence-electron chi connectivity index (χ2n) is 6.94. The van der Waals surface area contributed by atoms with E-state index in [-0.39, 0.29) is 16.8 Å². The Morgan fingerprint density at radius 2 is 1.72 bits per heavy atom. The molecule has 0 bridgehead atoms. The highest BCUT2D eigenvalue weighted by Crippen LogP contribution is 2.23. The highest BCUT2D eigenvalue weighted by atomic mass is 32.2. The lowest BCUT2D eigenvalue weighted by atomic mass is 10.1. The number of sulfonamides is 1. The number of anilines is 1. The maximum absolute atomic E-state index is 12.5. The maximum atomic E-state index is 12.5. The normalized spacial score (nSPS) is 20.8. The van der Waals surface area contributed by atoms with Crippen LogP contribution in [0.5, 0.6) is 0 Å². The number of amides is 1. The van der Waals surface area contributed by atoms with E-state index in [1.807, 2.05) is 0 Å². The van der Waals surface area contributed by atoms with Crippen molar-refractivity contribution in [1.29, 1.82) is 0 Å². The van der Waals surface area contributed by atoms with Gasteiger partial charge in [0.2, 0.25) is 15.9 Å². The van der Waals surface area contributed by atoms with Crippen LogP contribution in [0.1, 0.15) is 39.0 Å². The van der Waals surface area contributed by atoms with Gasteiger partial charge in [0.05, 0.1) is 4.90 Å². The standard InChI is InChI=1S/C18H27N3O3S/c1-15(20-11-3-2-4-12-20)14-19-25(23,24)17-9-7-16(8-10-17)21-13-5-6-18(21)22/h7-10,15,19H,2-6,11-14H2,1H3. The zero-order valence-corrected chi connectivity index (χ0v) is 15.6. The van der Waals surface area contributed by atoms with Crippen molar-refractivity contribution in [2.75, 3.05) is 31.1 Å². The molecule has 0 radical (unpaired) electrons.